The monoisotopic (exact) mass is 603 g/mol. The van der Waals surface area contributed by atoms with Gasteiger partial charge in [0.25, 0.3) is 10.0 Å². The van der Waals surface area contributed by atoms with E-state index < -0.39 is 28.5 Å². The fraction of sp³-hybridized carbons (Fsp3) is 0.333. The minimum absolute atomic E-state index is 0.0317. The maximum Gasteiger partial charge on any atom is 0.264 e. The van der Waals surface area contributed by atoms with Crippen LogP contribution in [0.1, 0.15) is 44.7 Å². The average Bonchev–Trinajstić information content (AvgIpc) is 2.93. The molecule has 2 atom stereocenters. The van der Waals surface area contributed by atoms with Crippen molar-refractivity contribution in [2.24, 2.45) is 0 Å². The Kier molecular flexibility index (Phi) is 11.0. The van der Waals surface area contributed by atoms with Crippen molar-refractivity contribution in [3.63, 3.8) is 0 Å². The van der Waals surface area contributed by atoms with E-state index in [-0.39, 0.29) is 29.1 Å². The molecule has 10 heteroatoms. The minimum Gasteiger partial charge on any atom is -0.352 e. The third-order valence-electron chi connectivity index (χ3n) is 6.69. The number of benzene rings is 3. The van der Waals surface area contributed by atoms with Crippen molar-refractivity contribution in [2.45, 2.75) is 64.1 Å². The third kappa shape index (κ3) is 7.77. The van der Waals surface area contributed by atoms with Crippen LogP contribution in [-0.2, 0) is 26.2 Å². The highest BCUT2D eigenvalue weighted by Gasteiger charge is 2.34. The summed E-state index contributed by atoms with van der Waals surface area (Å²) in [4.78, 5) is 28.8. The number of carbonyl (C=O) groups excluding carboxylic acids is 2. The van der Waals surface area contributed by atoms with Gasteiger partial charge in [-0.15, -0.1) is 0 Å². The number of nitrogens with one attached hydrogen (secondary N) is 1. The van der Waals surface area contributed by atoms with Crippen LogP contribution in [0.15, 0.2) is 77.7 Å². The van der Waals surface area contributed by atoms with E-state index in [0.717, 1.165) is 16.3 Å². The van der Waals surface area contributed by atoms with Crippen molar-refractivity contribution in [1.82, 2.24) is 10.2 Å². The summed E-state index contributed by atoms with van der Waals surface area (Å²) >= 11 is 12.5. The Morgan fingerprint density at radius 1 is 0.900 bits per heavy atom. The number of hydrogen-bond acceptors (Lipinski definition) is 4. The Hall–Kier alpha value is -3.07. The number of carbonyl (C=O) groups is 2. The maximum atomic E-state index is 14.1. The van der Waals surface area contributed by atoms with Gasteiger partial charge in [-0.05, 0) is 74.7 Å². The summed E-state index contributed by atoms with van der Waals surface area (Å²) in [6, 6.07) is 18.8. The lowest BCUT2D eigenvalue weighted by molar-refractivity contribution is -0.140. The highest BCUT2D eigenvalue weighted by molar-refractivity contribution is 7.92. The molecule has 3 aromatic carbocycles. The van der Waals surface area contributed by atoms with Crippen molar-refractivity contribution in [3.8, 4) is 0 Å². The van der Waals surface area contributed by atoms with Gasteiger partial charge in [0.1, 0.15) is 12.6 Å². The van der Waals surface area contributed by atoms with Gasteiger partial charge in [-0.25, -0.2) is 8.42 Å². The standard InChI is InChI=1S/C30H35Cl2N3O4S/c1-5-22(4)33-30(37)28(6-2)34(19-23-9-7-8-10-27(23)32)29(36)20-35(25-15-13-24(31)14-16-25)40(38,39)26-17-11-21(3)12-18-26/h7-18,22,28H,5-6,19-20H2,1-4H3,(H,33,37)/t22-,28-/m0/s1. The zero-order valence-electron chi connectivity index (χ0n) is 23.1. The topological polar surface area (TPSA) is 86.8 Å². The summed E-state index contributed by atoms with van der Waals surface area (Å²) in [5, 5.41) is 3.83. The molecular formula is C30H35Cl2N3O4S. The molecule has 2 amide bonds. The number of rotatable bonds is 12. The molecule has 0 radical (unpaired) electrons. The quantitative estimate of drug-likeness (QED) is 0.266. The molecule has 3 aromatic rings. The van der Waals surface area contributed by atoms with Crippen LogP contribution >= 0.6 is 23.2 Å². The van der Waals surface area contributed by atoms with Crippen molar-refractivity contribution in [2.75, 3.05) is 10.8 Å². The Morgan fingerprint density at radius 3 is 2.10 bits per heavy atom. The lowest BCUT2D eigenvalue weighted by atomic mass is 10.1. The van der Waals surface area contributed by atoms with Gasteiger partial charge in [-0.2, -0.15) is 0 Å². The number of hydrogen-bond donors (Lipinski definition) is 1. The van der Waals surface area contributed by atoms with E-state index >= 15 is 0 Å². The zero-order valence-corrected chi connectivity index (χ0v) is 25.4. The Balaban J connectivity index is 2.06. The number of aryl methyl sites for hydroxylation is 1. The van der Waals surface area contributed by atoms with Gasteiger partial charge >= 0.3 is 0 Å². The van der Waals surface area contributed by atoms with E-state index in [9.17, 15) is 18.0 Å². The number of anilines is 1. The van der Waals surface area contributed by atoms with E-state index in [1.807, 2.05) is 27.7 Å². The molecule has 0 aliphatic heterocycles. The molecular weight excluding hydrogens is 569 g/mol. The molecule has 40 heavy (non-hydrogen) atoms. The fourth-order valence-corrected chi connectivity index (χ4v) is 5.88. The second-order valence-electron chi connectivity index (χ2n) is 9.66. The largest absolute Gasteiger partial charge is 0.352 e. The molecule has 1 N–H and O–H groups in total. The molecule has 0 bridgehead atoms. The molecule has 214 valence electrons. The van der Waals surface area contributed by atoms with E-state index in [1.54, 1.807) is 60.7 Å². The smallest absolute Gasteiger partial charge is 0.264 e. The summed E-state index contributed by atoms with van der Waals surface area (Å²) < 4.78 is 28.8. The van der Waals surface area contributed by atoms with Gasteiger partial charge in [0, 0.05) is 22.6 Å². The van der Waals surface area contributed by atoms with Gasteiger partial charge in [-0.1, -0.05) is 72.9 Å². The summed E-state index contributed by atoms with van der Waals surface area (Å²) in [7, 11) is -4.15. The normalized spacial score (nSPS) is 12.8. The molecule has 0 aromatic heterocycles. The van der Waals surface area contributed by atoms with Gasteiger partial charge < -0.3 is 10.2 Å². The first-order chi connectivity index (χ1) is 19.0. The van der Waals surface area contributed by atoms with E-state index in [0.29, 0.717) is 22.0 Å². The molecule has 0 fully saturated rings. The minimum atomic E-state index is -4.15. The molecule has 0 saturated heterocycles. The summed E-state index contributed by atoms with van der Waals surface area (Å²) in [6.45, 7) is 7.02. The Bertz CT molecular complexity index is 1410. The van der Waals surface area contributed by atoms with Crippen molar-refractivity contribution in [3.05, 3.63) is 94.0 Å². The lowest BCUT2D eigenvalue weighted by Gasteiger charge is -2.34. The molecule has 7 nitrogen and oxygen atoms in total. The summed E-state index contributed by atoms with van der Waals surface area (Å²) in [5.41, 5.74) is 1.82. The van der Waals surface area contributed by atoms with E-state index in [2.05, 4.69) is 5.32 Å². The first-order valence-corrected chi connectivity index (χ1v) is 15.4. The molecule has 0 spiro atoms. The first-order valence-electron chi connectivity index (χ1n) is 13.2. The van der Waals surface area contributed by atoms with E-state index in [4.69, 9.17) is 23.2 Å². The second kappa shape index (κ2) is 14.0. The van der Waals surface area contributed by atoms with Gasteiger partial charge in [0.15, 0.2) is 0 Å². The van der Waals surface area contributed by atoms with Gasteiger partial charge in [-0.3, -0.25) is 13.9 Å². The number of halogens is 2. The van der Waals surface area contributed by atoms with Crippen LogP contribution in [0.2, 0.25) is 10.0 Å². The lowest BCUT2D eigenvalue weighted by Crippen LogP contribution is -2.53. The highest BCUT2D eigenvalue weighted by Crippen LogP contribution is 2.27. The van der Waals surface area contributed by atoms with Gasteiger partial charge in [0.2, 0.25) is 11.8 Å². The third-order valence-corrected chi connectivity index (χ3v) is 9.10. The SMILES string of the molecule is CC[C@H](C)NC(=O)[C@H](CC)N(Cc1ccccc1Cl)C(=O)CN(c1ccc(Cl)cc1)S(=O)(=O)c1ccc(C)cc1. The van der Waals surface area contributed by atoms with Crippen LogP contribution in [-0.4, -0.2) is 43.8 Å². The molecule has 0 aliphatic rings. The second-order valence-corrected chi connectivity index (χ2v) is 12.4. The maximum absolute atomic E-state index is 14.1. The van der Waals surface area contributed by atoms with Crippen LogP contribution in [0, 0.1) is 6.92 Å². The first kappa shape index (κ1) is 31.5. The van der Waals surface area contributed by atoms with Crippen LogP contribution < -0.4 is 9.62 Å². The number of sulfonamides is 1. The van der Waals surface area contributed by atoms with Crippen molar-refractivity contribution < 1.29 is 18.0 Å². The predicted molar refractivity (Wildman–Crippen MR) is 161 cm³/mol. The van der Waals surface area contributed by atoms with Gasteiger partial charge in [0.05, 0.1) is 10.6 Å². The molecule has 0 heterocycles. The van der Waals surface area contributed by atoms with Crippen LogP contribution in [0.3, 0.4) is 0 Å². The molecule has 0 unspecified atom stereocenters. The number of nitrogens with zero attached hydrogens (tertiary/aromatic N) is 2. The predicted octanol–water partition coefficient (Wildman–Crippen LogP) is 6.22. The van der Waals surface area contributed by atoms with Crippen LogP contribution in [0.5, 0.6) is 0 Å². The van der Waals surface area contributed by atoms with Crippen molar-refractivity contribution >= 4 is 50.7 Å². The van der Waals surface area contributed by atoms with Crippen LogP contribution in [0.25, 0.3) is 0 Å². The van der Waals surface area contributed by atoms with E-state index in [1.165, 1.54) is 17.0 Å². The molecule has 0 saturated carbocycles. The molecule has 0 aliphatic carbocycles. The van der Waals surface area contributed by atoms with Crippen LogP contribution in [0.4, 0.5) is 5.69 Å². The number of amides is 2. The zero-order chi connectivity index (χ0) is 29.4. The average molecular weight is 605 g/mol. The van der Waals surface area contributed by atoms with Crippen molar-refractivity contribution in [1.29, 1.82) is 0 Å². The Morgan fingerprint density at radius 2 is 1.52 bits per heavy atom. The Labute approximate surface area is 247 Å². The fourth-order valence-electron chi connectivity index (χ4n) is 4.14. The summed E-state index contributed by atoms with van der Waals surface area (Å²) in [5.74, 6) is -0.853. The molecule has 3 rings (SSSR count). The highest BCUT2D eigenvalue weighted by atomic mass is 35.5. The summed E-state index contributed by atoms with van der Waals surface area (Å²) in [6.07, 6.45) is 1.05.